The molecule has 6 nitrogen and oxygen atoms in total. The zero-order valence-electron chi connectivity index (χ0n) is 15.0. The number of hydrogen-bond donors (Lipinski definition) is 1. The largest absolute Gasteiger partial charge is 0.326 e. The minimum atomic E-state index is -0.0999. The molecule has 2 aromatic heterocycles. The van der Waals surface area contributed by atoms with E-state index in [9.17, 15) is 14.4 Å². The van der Waals surface area contributed by atoms with E-state index in [1.165, 1.54) is 27.7 Å². The molecular formula is C19H19N3O3S2. The van der Waals surface area contributed by atoms with Crippen molar-refractivity contribution in [3.8, 4) is 0 Å². The van der Waals surface area contributed by atoms with Crippen LogP contribution < -0.4 is 10.9 Å². The summed E-state index contributed by atoms with van der Waals surface area (Å²) in [5.74, 6) is 0.0753. The zero-order chi connectivity index (χ0) is 19.4. The average molecular weight is 402 g/mol. The van der Waals surface area contributed by atoms with Gasteiger partial charge in [-0.15, -0.1) is 11.3 Å². The maximum Gasteiger partial charge on any atom is 0.271 e. The van der Waals surface area contributed by atoms with Crippen LogP contribution in [0, 0.1) is 0 Å². The summed E-state index contributed by atoms with van der Waals surface area (Å²) in [6.45, 7) is 1.94. The average Bonchev–Trinajstić information content (AvgIpc) is 3.12. The highest BCUT2D eigenvalue weighted by Gasteiger charge is 2.13. The van der Waals surface area contributed by atoms with Gasteiger partial charge in [0.15, 0.2) is 10.9 Å². The van der Waals surface area contributed by atoms with E-state index >= 15 is 0 Å². The number of nitrogens with one attached hydrogen (secondary N) is 1. The van der Waals surface area contributed by atoms with Gasteiger partial charge >= 0.3 is 0 Å². The number of Topliss-reactive ketones (excluding diaryl/α,β-unsaturated/α-hetero) is 1. The zero-order valence-corrected chi connectivity index (χ0v) is 16.7. The second kappa shape index (κ2) is 8.49. The van der Waals surface area contributed by atoms with Crippen LogP contribution in [-0.4, -0.2) is 27.0 Å². The van der Waals surface area contributed by atoms with E-state index < -0.39 is 0 Å². The number of carbonyl (C=O) groups excluding carboxylic acids is 2. The Kier molecular flexibility index (Phi) is 6.08. The molecular weight excluding hydrogens is 382 g/mol. The molecule has 0 fully saturated rings. The molecule has 140 valence electrons. The number of rotatable bonds is 7. The van der Waals surface area contributed by atoms with Gasteiger partial charge in [0.05, 0.1) is 11.3 Å². The Morgan fingerprint density at radius 1 is 1.22 bits per heavy atom. The minimum absolute atomic E-state index is 0.0389. The molecule has 0 saturated carbocycles. The quantitative estimate of drug-likeness (QED) is 0.371. The van der Waals surface area contributed by atoms with E-state index in [1.54, 1.807) is 37.4 Å². The van der Waals surface area contributed by atoms with Crippen LogP contribution >= 0.6 is 23.1 Å². The molecule has 1 aromatic carbocycles. The summed E-state index contributed by atoms with van der Waals surface area (Å²) >= 11 is 2.61. The van der Waals surface area contributed by atoms with Gasteiger partial charge in [-0.3, -0.25) is 19.0 Å². The van der Waals surface area contributed by atoms with Gasteiger partial charge in [0.2, 0.25) is 5.91 Å². The molecule has 0 atom stereocenters. The fourth-order valence-corrected chi connectivity index (χ4v) is 4.17. The van der Waals surface area contributed by atoms with Crippen LogP contribution in [0.5, 0.6) is 0 Å². The number of amides is 1. The monoisotopic (exact) mass is 401 g/mol. The van der Waals surface area contributed by atoms with Crippen LogP contribution in [-0.2, 0) is 11.8 Å². The van der Waals surface area contributed by atoms with Crippen LogP contribution in [0.2, 0.25) is 0 Å². The van der Waals surface area contributed by atoms with Crippen LogP contribution in [0.15, 0.2) is 45.7 Å². The molecule has 2 heterocycles. The number of nitrogens with zero attached hydrogens (tertiary/aromatic N) is 2. The molecule has 0 spiro atoms. The van der Waals surface area contributed by atoms with Crippen molar-refractivity contribution < 1.29 is 9.59 Å². The van der Waals surface area contributed by atoms with Crippen LogP contribution in [0.3, 0.4) is 0 Å². The normalized spacial score (nSPS) is 10.9. The molecule has 1 amide bonds. The number of anilines is 1. The molecule has 0 unspecified atom stereocenters. The molecule has 3 aromatic rings. The number of aromatic nitrogens is 2. The van der Waals surface area contributed by atoms with E-state index in [2.05, 4.69) is 10.3 Å². The third-order valence-corrected chi connectivity index (χ3v) is 5.87. The van der Waals surface area contributed by atoms with Crippen molar-refractivity contribution in [1.82, 2.24) is 9.55 Å². The standard InChI is InChI=1S/C19H19N3O3S2/c1-3-4-16(24)20-13-7-5-12(6-8-13)15(23)11-27-19-21-14-9-10-26-17(14)18(25)22(19)2/h5-10H,3-4,11H2,1-2H3,(H,20,24). The molecule has 1 N–H and O–H groups in total. The Bertz CT molecular complexity index is 1040. The second-order valence-electron chi connectivity index (χ2n) is 5.98. The number of hydrogen-bond acceptors (Lipinski definition) is 6. The van der Waals surface area contributed by atoms with Gasteiger partial charge in [0.25, 0.3) is 5.56 Å². The van der Waals surface area contributed by atoms with Crippen molar-refractivity contribution in [3.05, 3.63) is 51.6 Å². The fourth-order valence-electron chi connectivity index (χ4n) is 2.50. The van der Waals surface area contributed by atoms with Gasteiger partial charge in [-0.1, -0.05) is 18.7 Å². The lowest BCUT2D eigenvalue weighted by Crippen LogP contribution is -2.19. The molecule has 0 aliphatic carbocycles. The first-order valence-corrected chi connectivity index (χ1v) is 10.4. The molecule has 0 aliphatic heterocycles. The van der Waals surface area contributed by atoms with E-state index in [0.29, 0.717) is 33.0 Å². The summed E-state index contributed by atoms with van der Waals surface area (Å²) in [6.07, 6.45) is 1.25. The van der Waals surface area contributed by atoms with Crippen molar-refractivity contribution in [1.29, 1.82) is 0 Å². The Morgan fingerprint density at radius 2 is 1.96 bits per heavy atom. The van der Waals surface area contributed by atoms with Gasteiger partial charge in [-0.05, 0) is 42.1 Å². The summed E-state index contributed by atoms with van der Waals surface area (Å²) in [5.41, 5.74) is 1.78. The predicted molar refractivity (Wildman–Crippen MR) is 110 cm³/mol. The van der Waals surface area contributed by atoms with Crippen LogP contribution in [0.4, 0.5) is 5.69 Å². The third kappa shape index (κ3) is 4.45. The third-order valence-electron chi connectivity index (χ3n) is 3.95. The highest BCUT2D eigenvalue weighted by atomic mass is 32.2. The van der Waals surface area contributed by atoms with Crippen molar-refractivity contribution >= 4 is 50.7 Å². The first-order valence-electron chi connectivity index (χ1n) is 8.49. The van der Waals surface area contributed by atoms with Crippen molar-refractivity contribution in [3.63, 3.8) is 0 Å². The number of thiophene rings is 1. The lowest BCUT2D eigenvalue weighted by molar-refractivity contribution is -0.116. The first kappa shape index (κ1) is 19.3. The molecule has 0 bridgehead atoms. The maximum absolute atomic E-state index is 12.4. The van der Waals surface area contributed by atoms with Crippen molar-refractivity contribution in [2.45, 2.75) is 24.9 Å². The molecule has 27 heavy (non-hydrogen) atoms. The molecule has 0 radical (unpaired) electrons. The number of fused-ring (bicyclic) bond motifs is 1. The SMILES string of the molecule is CCCC(=O)Nc1ccc(C(=O)CSc2nc3ccsc3c(=O)n2C)cc1. The van der Waals surface area contributed by atoms with Crippen molar-refractivity contribution in [2.75, 3.05) is 11.1 Å². The highest BCUT2D eigenvalue weighted by molar-refractivity contribution is 7.99. The Morgan fingerprint density at radius 3 is 2.67 bits per heavy atom. The van der Waals surface area contributed by atoms with Crippen molar-refractivity contribution in [2.24, 2.45) is 7.05 Å². The summed E-state index contributed by atoms with van der Waals surface area (Å²) in [7, 11) is 1.66. The lowest BCUT2D eigenvalue weighted by atomic mass is 10.1. The van der Waals surface area contributed by atoms with E-state index in [-0.39, 0.29) is 23.0 Å². The number of ketones is 1. The van der Waals surface area contributed by atoms with Gasteiger partial charge in [-0.25, -0.2) is 4.98 Å². The summed E-state index contributed by atoms with van der Waals surface area (Å²) in [6, 6.07) is 8.63. The number of thioether (sulfide) groups is 1. The predicted octanol–water partition coefficient (Wildman–Crippen LogP) is 3.71. The summed E-state index contributed by atoms with van der Waals surface area (Å²) in [4.78, 5) is 40.8. The molecule has 3 rings (SSSR count). The number of benzene rings is 1. The lowest BCUT2D eigenvalue weighted by Gasteiger charge is -2.07. The van der Waals surface area contributed by atoms with Gasteiger partial charge in [-0.2, -0.15) is 0 Å². The van der Waals surface area contributed by atoms with Crippen LogP contribution in [0.1, 0.15) is 30.1 Å². The highest BCUT2D eigenvalue weighted by Crippen LogP contribution is 2.21. The minimum Gasteiger partial charge on any atom is -0.326 e. The summed E-state index contributed by atoms with van der Waals surface area (Å²) < 4.78 is 2.09. The van der Waals surface area contributed by atoms with Gasteiger partial charge in [0, 0.05) is 24.7 Å². The molecule has 0 aliphatic rings. The second-order valence-corrected chi connectivity index (χ2v) is 7.84. The van der Waals surface area contributed by atoms with Gasteiger partial charge < -0.3 is 5.32 Å². The maximum atomic E-state index is 12.4. The Hall–Kier alpha value is -2.45. The Balaban J connectivity index is 1.67. The summed E-state index contributed by atoms with van der Waals surface area (Å²) in [5, 5.41) is 5.14. The van der Waals surface area contributed by atoms with E-state index in [1.807, 2.05) is 12.3 Å². The van der Waals surface area contributed by atoms with Crippen LogP contribution in [0.25, 0.3) is 10.2 Å². The number of carbonyl (C=O) groups is 2. The van der Waals surface area contributed by atoms with Gasteiger partial charge in [0.1, 0.15) is 4.70 Å². The molecule has 0 saturated heterocycles. The fraction of sp³-hybridized carbons (Fsp3) is 0.263. The topological polar surface area (TPSA) is 81.1 Å². The first-order chi connectivity index (χ1) is 13.0. The van der Waals surface area contributed by atoms with E-state index in [0.717, 1.165) is 6.42 Å². The smallest absolute Gasteiger partial charge is 0.271 e. The Labute approximate surface area is 164 Å². The van der Waals surface area contributed by atoms with E-state index in [4.69, 9.17) is 0 Å². The molecule has 8 heteroatoms.